The molecule has 0 atom stereocenters. The molecule has 2 rings (SSSR count). The topological polar surface area (TPSA) is 98.0 Å². The highest BCUT2D eigenvalue weighted by Crippen LogP contribution is 2.19. The van der Waals surface area contributed by atoms with E-state index in [1.807, 2.05) is 0 Å². The number of carbonyl (C=O) groups excluding carboxylic acids is 2. The molecule has 0 unspecified atom stereocenters. The lowest BCUT2D eigenvalue weighted by Crippen LogP contribution is -2.32. The van der Waals surface area contributed by atoms with Crippen LogP contribution >= 0.6 is 27.7 Å². The molecule has 1 heterocycles. The summed E-state index contributed by atoms with van der Waals surface area (Å²) in [5.41, 5.74) is 6.02. The van der Waals surface area contributed by atoms with Crippen molar-refractivity contribution in [1.82, 2.24) is 15.3 Å². The number of hydrogen-bond acceptors (Lipinski definition) is 6. The first-order valence-electron chi connectivity index (χ1n) is 5.86. The van der Waals surface area contributed by atoms with Crippen LogP contribution < -0.4 is 11.1 Å². The lowest BCUT2D eigenvalue weighted by molar-refractivity contribution is -0.117. The fourth-order valence-corrected chi connectivity index (χ4v) is 2.60. The van der Waals surface area contributed by atoms with E-state index < -0.39 is 11.8 Å². The molecule has 21 heavy (non-hydrogen) atoms. The SMILES string of the molecule is Nc1nccnc1SCC(=O)NC(=O)c1ccccc1Br. The minimum atomic E-state index is -0.458. The first-order valence-corrected chi connectivity index (χ1v) is 7.64. The first-order chi connectivity index (χ1) is 10.1. The van der Waals surface area contributed by atoms with Crippen molar-refractivity contribution >= 4 is 45.3 Å². The van der Waals surface area contributed by atoms with Crippen LogP contribution in [0.4, 0.5) is 5.82 Å². The zero-order chi connectivity index (χ0) is 15.2. The Morgan fingerprint density at radius 3 is 2.67 bits per heavy atom. The Morgan fingerprint density at radius 1 is 1.24 bits per heavy atom. The molecular formula is C13H11BrN4O2S. The number of nitrogens with two attached hydrogens (primary N) is 1. The van der Waals surface area contributed by atoms with Crippen LogP contribution in [0, 0.1) is 0 Å². The van der Waals surface area contributed by atoms with E-state index in [4.69, 9.17) is 5.73 Å². The van der Waals surface area contributed by atoms with Gasteiger partial charge < -0.3 is 5.73 Å². The van der Waals surface area contributed by atoms with Crippen molar-refractivity contribution in [3.8, 4) is 0 Å². The molecule has 2 amide bonds. The monoisotopic (exact) mass is 366 g/mol. The lowest BCUT2D eigenvalue weighted by Gasteiger charge is -2.06. The van der Waals surface area contributed by atoms with Crippen molar-refractivity contribution in [1.29, 1.82) is 0 Å². The van der Waals surface area contributed by atoms with Gasteiger partial charge in [-0.25, -0.2) is 9.97 Å². The molecule has 1 aromatic carbocycles. The zero-order valence-corrected chi connectivity index (χ0v) is 13.1. The van der Waals surface area contributed by atoms with Gasteiger partial charge in [0.25, 0.3) is 5.91 Å². The van der Waals surface area contributed by atoms with E-state index in [9.17, 15) is 9.59 Å². The van der Waals surface area contributed by atoms with E-state index in [2.05, 4.69) is 31.2 Å². The summed E-state index contributed by atoms with van der Waals surface area (Å²) in [4.78, 5) is 31.6. The maximum atomic E-state index is 11.9. The normalized spacial score (nSPS) is 10.1. The summed E-state index contributed by atoms with van der Waals surface area (Å²) in [6.07, 6.45) is 2.96. The molecule has 3 N–H and O–H groups in total. The molecule has 0 radical (unpaired) electrons. The van der Waals surface area contributed by atoms with Gasteiger partial charge in [0.1, 0.15) is 5.03 Å². The van der Waals surface area contributed by atoms with Crippen molar-refractivity contribution in [2.45, 2.75) is 5.03 Å². The fraction of sp³-hybridized carbons (Fsp3) is 0.0769. The Morgan fingerprint density at radius 2 is 1.95 bits per heavy atom. The number of amides is 2. The van der Waals surface area contributed by atoms with E-state index in [1.165, 1.54) is 12.4 Å². The number of rotatable bonds is 4. The van der Waals surface area contributed by atoms with Crippen LogP contribution in [0.1, 0.15) is 10.4 Å². The van der Waals surface area contributed by atoms with Crippen molar-refractivity contribution in [3.05, 3.63) is 46.7 Å². The molecule has 0 aliphatic carbocycles. The summed E-state index contributed by atoms with van der Waals surface area (Å²) in [5, 5.41) is 2.77. The summed E-state index contributed by atoms with van der Waals surface area (Å²) in [6.45, 7) is 0. The highest BCUT2D eigenvalue weighted by molar-refractivity contribution is 9.10. The molecular weight excluding hydrogens is 356 g/mol. The number of nitrogens with zero attached hydrogens (tertiary/aromatic N) is 2. The second-order valence-corrected chi connectivity index (χ2v) is 5.71. The first kappa shape index (κ1) is 15.5. The molecule has 108 valence electrons. The third-order valence-electron chi connectivity index (χ3n) is 2.40. The number of anilines is 1. The van der Waals surface area contributed by atoms with Gasteiger partial charge in [-0.2, -0.15) is 0 Å². The average Bonchev–Trinajstić information content (AvgIpc) is 2.46. The lowest BCUT2D eigenvalue weighted by atomic mass is 10.2. The maximum absolute atomic E-state index is 11.9. The third-order valence-corrected chi connectivity index (χ3v) is 4.09. The van der Waals surface area contributed by atoms with Crippen LogP contribution in [0.3, 0.4) is 0 Å². The molecule has 0 aliphatic heterocycles. The van der Waals surface area contributed by atoms with E-state index in [-0.39, 0.29) is 11.6 Å². The van der Waals surface area contributed by atoms with Crippen molar-refractivity contribution < 1.29 is 9.59 Å². The van der Waals surface area contributed by atoms with Gasteiger partial charge in [-0.05, 0) is 28.1 Å². The van der Waals surface area contributed by atoms with Crippen molar-refractivity contribution in [2.24, 2.45) is 0 Å². The Balaban J connectivity index is 1.92. The van der Waals surface area contributed by atoms with Crippen LogP contribution in [0.5, 0.6) is 0 Å². The average molecular weight is 367 g/mol. The maximum Gasteiger partial charge on any atom is 0.259 e. The molecule has 0 aliphatic rings. The quantitative estimate of drug-likeness (QED) is 0.801. The highest BCUT2D eigenvalue weighted by Gasteiger charge is 2.14. The minimum Gasteiger partial charge on any atom is -0.381 e. The molecule has 0 saturated heterocycles. The van der Waals surface area contributed by atoms with Gasteiger partial charge in [0.15, 0.2) is 5.82 Å². The van der Waals surface area contributed by atoms with Gasteiger partial charge in [-0.3, -0.25) is 14.9 Å². The standard InChI is InChI=1S/C13H11BrN4O2S/c14-9-4-2-1-3-8(9)12(20)18-10(19)7-21-13-11(15)16-5-6-17-13/h1-6H,7H2,(H2,15,16)(H,18,19,20). The van der Waals surface area contributed by atoms with Gasteiger partial charge in [0.05, 0.1) is 11.3 Å². The summed E-state index contributed by atoms with van der Waals surface area (Å²) in [7, 11) is 0. The minimum absolute atomic E-state index is 0.0269. The number of thioether (sulfide) groups is 1. The third kappa shape index (κ3) is 4.27. The number of aromatic nitrogens is 2. The Bertz CT molecular complexity index is 681. The van der Waals surface area contributed by atoms with Gasteiger partial charge >= 0.3 is 0 Å². The number of hydrogen-bond donors (Lipinski definition) is 2. The van der Waals surface area contributed by atoms with E-state index >= 15 is 0 Å². The number of halogens is 1. The Kier molecular flexibility index (Phi) is 5.29. The summed E-state index contributed by atoms with van der Waals surface area (Å²) < 4.78 is 0.626. The van der Waals surface area contributed by atoms with Crippen LogP contribution in [0.15, 0.2) is 46.2 Å². The van der Waals surface area contributed by atoms with Crippen molar-refractivity contribution in [2.75, 3.05) is 11.5 Å². The fourth-order valence-electron chi connectivity index (χ4n) is 1.46. The van der Waals surface area contributed by atoms with Crippen LogP contribution in [0.2, 0.25) is 0 Å². The molecule has 0 spiro atoms. The molecule has 1 aromatic heterocycles. The van der Waals surface area contributed by atoms with E-state index in [0.717, 1.165) is 11.8 Å². The van der Waals surface area contributed by atoms with Crippen LogP contribution in [0.25, 0.3) is 0 Å². The van der Waals surface area contributed by atoms with E-state index in [1.54, 1.807) is 24.3 Å². The molecule has 8 heteroatoms. The van der Waals surface area contributed by atoms with Gasteiger partial charge in [-0.1, -0.05) is 23.9 Å². The number of carbonyl (C=O) groups is 2. The Hall–Kier alpha value is -1.93. The summed E-state index contributed by atoms with van der Waals surface area (Å²) >= 11 is 4.38. The molecule has 0 bridgehead atoms. The van der Waals surface area contributed by atoms with Gasteiger partial charge in [-0.15, -0.1) is 0 Å². The second-order valence-electron chi connectivity index (χ2n) is 3.89. The van der Waals surface area contributed by atoms with Gasteiger partial charge in [0, 0.05) is 16.9 Å². The predicted octanol–water partition coefficient (Wildman–Crippen LogP) is 1.87. The number of benzene rings is 1. The molecule has 0 fully saturated rings. The predicted molar refractivity (Wildman–Crippen MR) is 83.8 cm³/mol. The smallest absolute Gasteiger partial charge is 0.259 e. The van der Waals surface area contributed by atoms with E-state index in [0.29, 0.717) is 15.1 Å². The number of imide groups is 1. The molecule has 6 nitrogen and oxygen atoms in total. The molecule has 2 aromatic rings. The zero-order valence-electron chi connectivity index (χ0n) is 10.7. The number of nitrogen functional groups attached to an aromatic ring is 1. The van der Waals surface area contributed by atoms with Crippen LogP contribution in [-0.4, -0.2) is 27.5 Å². The van der Waals surface area contributed by atoms with Crippen molar-refractivity contribution in [3.63, 3.8) is 0 Å². The second kappa shape index (κ2) is 7.19. The molecule has 0 saturated carbocycles. The Labute approximate surface area is 133 Å². The summed E-state index contributed by atoms with van der Waals surface area (Å²) in [5.74, 6) is -0.600. The van der Waals surface area contributed by atoms with Crippen LogP contribution in [-0.2, 0) is 4.79 Å². The van der Waals surface area contributed by atoms with Gasteiger partial charge in [0.2, 0.25) is 5.91 Å². The highest BCUT2D eigenvalue weighted by atomic mass is 79.9. The summed E-state index contributed by atoms with van der Waals surface area (Å²) in [6, 6.07) is 6.86. The largest absolute Gasteiger partial charge is 0.381 e. The number of nitrogens with one attached hydrogen (secondary N) is 1.